The Bertz CT molecular complexity index is 1350. The molecule has 152 valence electrons. The fourth-order valence-electron chi connectivity index (χ4n) is 4.59. The summed E-state index contributed by atoms with van der Waals surface area (Å²) in [4.78, 5) is 27.7. The number of nitrogens with zero attached hydrogens (tertiary/aromatic N) is 1. The molecule has 30 heavy (non-hydrogen) atoms. The van der Waals surface area contributed by atoms with Crippen LogP contribution in [0.5, 0.6) is 0 Å². The third-order valence-electron chi connectivity index (χ3n) is 6.11. The molecule has 0 aliphatic carbocycles. The minimum Gasteiger partial charge on any atom is -0.477 e. The van der Waals surface area contributed by atoms with Crippen molar-refractivity contribution in [3.63, 3.8) is 0 Å². The predicted octanol–water partition coefficient (Wildman–Crippen LogP) is 5.57. The van der Waals surface area contributed by atoms with Crippen molar-refractivity contribution >= 4 is 28.2 Å². The molecule has 1 aliphatic heterocycles. The maximum Gasteiger partial charge on any atom is 0.341 e. The highest BCUT2D eigenvalue weighted by molar-refractivity contribution is 7.08. The summed E-state index contributed by atoms with van der Waals surface area (Å²) in [5.41, 5.74) is 5.54. The van der Waals surface area contributed by atoms with Gasteiger partial charge in [-0.15, -0.1) is 0 Å². The van der Waals surface area contributed by atoms with Crippen molar-refractivity contribution < 1.29 is 9.90 Å². The molecular weight excluding hydrogens is 396 g/mol. The molecule has 0 fully saturated rings. The number of nitrogens with one attached hydrogen (secondary N) is 1. The van der Waals surface area contributed by atoms with E-state index in [1.54, 1.807) is 11.3 Å². The summed E-state index contributed by atoms with van der Waals surface area (Å²) < 4.78 is 2.00. The third-order valence-corrected chi connectivity index (χ3v) is 6.79. The van der Waals surface area contributed by atoms with Crippen molar-refractivity contribution in [2.45, 2.75) is 33.2 Å². The maximum absolute atomic E-state index is 12.6. The number of rotatable bonds is 2. The van der Waals surface area contributed by atoms with E-state index in [1.807, 2.05) is 10.8 Å². The number of H-pyrrole nitrogens is 1. The number of carboxylic acids is 1. The zero-order valence-electron chi connectivity index (χ0n) is 17.0. The number of fused-ring (bicyclic) bond motifs is 5. The van der Waals surface area contributed by atoms with E-state index >= 15 is 0 Å². The second-order valence-electron chi connectivity index (χ2n) is 8.96. The largest absolute Gasteiger partial charge is 0.477 e. The number of hydrogen-bond donors (Lipinski definition) is 2. The topological polar surface area (TPSA) is 75.1 Å². The molecule has 5 rings (SSSR count). The average molecular weight is 419 g/mol. The number of carbonyl (C=O) groups is 1. The van der Waals surface area contributed by atoms with Crippen LogP contribution in [0, 0.1) is 5.41 Å². The summed E-state index contributed by atoms with van der Waals surface area (Å²) >= 11 is 1.65. The molecule has 1 atom stereocenters. The van der Waals surface area contributed by atoms with E-state index in [-0.39, 0.29) is 17.0 Å². The molecule has 1 aliphatic rings. The molecule has 2 N–H and O–H groups in total. The van der Waals surface area contributed by atoms with Gasteiger partial charge in [0, 0.05) is 41.0 Å². The summed E-state index contributed by atoms with van der Waals surface area (Å²) in [5, 5.41) is 14.8. The van der Waals surface area contributed by atoms with Crippen molar-refractivity contribution in [1.29, 1.82) is 0 Å². The number of thiophene rings is 1. The van der Waals surface area contributed by atoms with Crippen LogP contribution >= 0.6 is 11.3 Å². The first-order chi connectivity index (χ1) is 14.3. The summed E-state index contributed by atoms with van der Waals surface area (Å²) in [6.07, 6.45) is 4.26. The Morgan fingerprint density at radius 3 is 2.70 bits per heavy atom. The second-order valence-corrected chi connectivity index (χ2v) is 9.74. The van der Waals surface area contributed by atoms with Crippen molar-refractivity contribution in [1.82, 2.24) is 9.55 Å². The van der Waals surface area contributed by atoms with Gasteiger partial charge in [0.25, 0.3) is 0 Å². The molecule has 0 unspecified atom stereocenters. The first-order valence-corrected chi connectivity index (χ1v) is 10.9. The van der Waals surface area contributed by atoms with Crippen molar-refractivity contribution in [2.24, 2.45) is 5.41 Å². The highest BCUT2D eigenvalue weighted by Gasteiger charge is 2.34. The quantitative estimate of drug-likeness (QED) is 0.447. The van der Waals surface area contributed by atoms with Gasteiger partial charge in [-0.05, 0) is 51.9 Å². The Kier molecular flexibility index (Phi) is 4.05. The lowest BCUT2D eigenvalue weighted by atomic mass is 9.77. The first-order valence-electron chi connectivity index (χ1n) is 9.91. The van der Waals surface area contributed by atoms with Gasteiger partial charge in [0.15, 0.2) is 5.43 Å². The van der Waals surface area contributed by atoms with E-state index in [2.05, 4.69) is 54.7 Å². The lowest BCUT2D eigenvalue weighted by Gasteiger charge is -2.39. The highest BCUT2D eigenvalue weighted by Crippen LogP contribution is 2.46. The molecule has 0 radical (unpaired) electrons. The van der Waals surface area contributed by atoms with Crippen LogP contribution in [0.15, 0.2) is 52.2 Å². The fraction of sp³-hybridized carbons (Fsp3) is 0.250. The van der Waals surface area contributed by atoms with E-state index in [4.69, 9.17) is 0 Å². The van der Waals surface area contributed by atoms with Gasteiger partial charge in [-0.1, -0.05) is 20.8 Å². The summed E-state index contributed by atoms with van der Waals surface area (Å²) in [6, 6.07) is 7.86. The van der Waals surface area contributed by atoms with Gasteiger partial charge >= 0.3 is 5.97 Å². The fourth-order valence-corrected chi connectivity index (χ4v) is 5.24. The van der Waals surface area contributed by atoms with Crippen LogP contribution in [0.2, 0.25) is 0 Å². The minimum atomic E-state index is -1.19. The van der Waals surface area contributed by atoms with E-state index < -0.39 is 11.4 Å². The summed E-state index contributed by atoms with van der Waals surface area (Å²) in [5.74, 6) is -1.19. The number of hydrogen-bond acceptors (Lipinski definition) is 3. The van der Waals surface area contributed by atoms with Gasteiger partial charge in [0.2, 0.25) is 0 Å². The van der Waals surface area contributed by atoms with E-state index in [9.17, 15) is 14.7 Å². The number of aromatic nitrogens is 2. The van der Waals surface area contributed by atoms with Crippen LogP contribution in [0.4, 0.5) is 0 Å². The number of carboxylic acid groups (broad SMARTS) is 1. The molecule has 5 nitrogen and oxygen atoms in total. The minimum absolute atomic E-state index is 0.0313. The molecule has 0 saturated carbocycles. The van der Waals surface area contributed by atoms with E-state index in [1.165, 1.54) is 17.8 Å². The molecule has 4 heterocycles. The van der Waals surface area contributed by atoms with Gasteiger partial charge in [0.1, 0.15) is 5.56 Å². The average Bonchev–Trinajstić information content (AvgIpc) is 3.37. The SMILES string of the molecule is CC(C)(C)[C@@H]1Cc2c(cc(-c3ccsc3)c3[nH]ccc23)-c2cc(=O)c(C(=O)O)cn21. The summed E-state index contributed by atoms with van der Waals surface area (Å²) in [6.45, 7) is 6.46. The van der Waals surface area contributed by atoms with Crippen LogP contribution < -0.4 is 5.43 Å². The number of pyridine rings is 1. The van der Waals surface area contributed by atoms with Crippen LogP contribution in [-0.2, 0) is 6.42 Å². The Balaban J connectivity index is 1.88. The molecular formula is C24H22N2O3S. The normalized spacial score (nSPS) is 15.8. The molecule has 6 heteroatoms. The van der Waals surface area contributed by atoms with Gasteiger partial charge in [-0.25, -0.2) is 4.79 Å². The third kappa shape index (κ3) is 2.75. The zero-order chi connectivity index (χ0) is 21.2. The Morgan fingerprint density at radius 1 is 1.23 bits per heavy atom. The van der Waals surface area contributed by atoms with Crippen molar-refractivity contribution in [3.8, 4) is 22.4 Å². The first kappa shape index (κ1) is 18.9. The predicted molar refractivity (Wildman–Crippen MR) is 120 cm³/mol. The molecule has 0 bridgehead atoms. The van der Waals surface area contributed by atoms with E-state index in [0.29, 0.717) is 0 Å². The molecule has 0 saturated heterocycles. The smallest absolute Gasteiger partial charge is 0.341 e. The Labute approximate surface area is 177 Å². The zero-order valence-corrected chi connectivity index (χ0v) is 17.8. The van der Waals surface area contributed by atoms with Gasteiger partial charge in [-0.2, -0.15) is 11.3 Å². The molecule has 0 amide bonds. The maximum atomic E-state index is 12.6. The number of aromatic carboxylic acids is 1. The van der Waals surface area contributed by atoms with Crippen LogP contribution in [-0.4, -0.2) is 20.6 Å². The number of aromatic amines is 1. The summed E-state index contributed by atoms with van der Waals surface area (Å²) in [7, 11) is 0. The van der Waals surface area contributed by atoms with Gasteiger partial charge in [-0.3, -0.25) is 4.79 Å². The number of benzene rings is 1. The van der Waals surface area contributed by atoms with Crippen molar-refractivity contribution in [3.05, 3.63) is 68.8 Å². The highest BCUT2D eigenvalue weighted by atomic mass is 32.1. The van der Waals surface area contributed by atoms with Gasteiger partial charge < -0.3 is 14.7 Å². The van der Waals surface area contributed by atoms with Crippen LogP contribution in [0.3, 0.4) is 0 Å². The molecule has 0 spiro atoms. The van der Waals surface area contributed by atoms with Gasteiger partial charge in [0.05, 0.1) is 11.2 Å². The molecule has 1 aromatic carbocycles. The second kappa shape index (κ2) is 6.44. The van der Waals surface area contributed by atoms with Crippen LogP contribution in [0.1, 0.15) is 42.7 Å². The van der Waals surface area contributed by atoms with E-state index in [0.717, 1.165) is 39.7 Å². The van der Waals surface area contributed by atoms with Crippen LogP contribution in [0.25, 0.3) is 33.3 Å². The lowest BCUT2D eigenvalue weighted by Crippen LogP contribution is -2.32. The monoisotopic (exact) mass is 418 g/mol. The standard InChI is InChI=1S/C24H22N2O3S/c1-24(2,3)21-9-16-14-4-6-25-22(14)15(13-5-7-30-12-13)8-17(16)19-10-20(27)18(23(28)29)11-26(19)21/h4-8,10-12,21,25H,9H2,1-3H3,(H,28,29)/t21-/m0/s1. The Morgan fingerprint density at radius 2 is 2.03 bits per heavy atom. The Hall–Kier alpha value is -3.12. The lowest BCUT2D eigenvalue weighted by molar-refractivity contribution is 0.0693. The molecule has 3 aromatic heterocycles. The molecule has 4 aromatic rings. The van der Waals surface area contributed by atoms with Crippen molar-refractivity contribution in [2.75, 3.05) is 0 Å².